The van der Waals surface area contributed by atoms with Gasteiger partial charge >= 0.3 is 5.97 Å². The summed E-state index contributed by atoms with van der Waals surface area (Å²) in [7, 11) is -1.37. The highest BCUT2D eigenvalue weighted by Gasteiger charge is 2.51. The molecule has 0 saturated carbocycles. The van der Waals surface area contributed by atoms with Crippen molar-refractivity contribution >= 4 is 24.7 Å². The summed E-state index contributed by atoms with van der Waals surface area (Å²) in [6, 6.07) is 35.9. The van der Waals surface area contributed by atoms with Crippen molar-refractivity contribution in [2.45, 2.75) is 77.1 Å². The van der Waals surface area contributed by atoms with Gasteiger partial charge in [0.05, 0.1) is 25.4 Å². The first-order valence-electron chi connectivity index (χ1n) is 17.4. The first-order valence-corrected chi connectivity index (χ1v) is 19.3. The minimum Gasteiger partial charge on any atom is -0.497 e. The van der Waals surface area contributed by atoms with Gasteiger partial charge in [-0.25, -0.2) is 9.18 Å². The van der Waals surface area contributed by atoms with Gasteiger partial charge in [0.15, 0.2) is 6.10 Å². The summed E-state index contributed by atoms with van der Waals surface area (Å²) in [6.45, 7) is 10.6. The zero-order chi connectivity index (χ0) is 37.0. The highest BCUT2D eigenvalue weighted by atomic mass is 28.4. The van der Waals surface area contributed by atoms with Crippen molar-refractivity contribution in [2.75, 3.05) is 13.7 Å². The van der Waals surface area contributed by atoms with Crippen LogP contribution >= 0.6 is 0 Å². The van der Waals surface area contributed by atoms with Crippen molar-refractivity contribution in [1.29, 1.82) is 0 Å². The molecule has 0 heterocycles. The third-order valence-electron chi connectivity index (χ3n) is 9.15. The van der Waals surface area contributed by atoms with Crippen LogP contribution in [0.25, 0.3) is 0 Å². The maximum Gasteiger partial charge on any atom is 0.338 e. The van der Waals surface area contributed by atoms with E-state index in [1.807, 2.05) is 74.5 Å². The normalized spacial score (nSPS) is 15.4. The van der Waals surface area contributed by atoms with Gasteiger partial charge in [0.1, 0.15) is 17.7 Å². The van der Waals surface area contributed by atoms with Gasteiger partial charge in [0.2, 0.25) is 0 Å². The molecule has 5 atom stereocenters. The number of aliphatic hydroxyl groups excluding tert-OH is 2. The largest absolute Gasteiger partial charge is 0.497 e. The van der Waals surface area contributed by atoms with Crippen molar-refractivity contribution in [3.05, 3.63) is 138 Å². The molecule has 0 bridgehead atoms. The monoisotopic (exact) mass is 714 g/mol. The van der Waals surface area contributed by atoms with E-state index in [1.54, 1.807) is 37.4 Å². The van der Waals surface area contributed by atoms with Crippen LogP contribution in [-0.4, -0.2) is 62.6 Å². The molecule has 7 nitrogen and oxygen atoms in total. The molecule has 2 N–H and O–H groups in total. The van der Waals surface area contributed by atoms with Gasteiger partial charge in [-0.3, -0.25) is 0 Å². The van der Waals surface area contributed by atoms with E-state index in [2.05, 4.69) is 45.0 Å². The summed E-state index contributed by atoms with van der Waals surface area (Å²) in [5.41, 5.74) is 1.09. The van der Waals surface area contributed by atoms with Gasteiger partial charge in [-0.05, 0) is 64.7 Å². The summed E-state index contributed by atoms with van der Waals surface area (Å²) in [5.74, 6) is -1.49. The molecule has 4 aromatic carbocycles. The number of hydrogen-bond donors (Lipinski definition) is 2. The average molecular weight is 715 g/mol. The molecular formula is C42H51FO7Si. The molecule has 0 aliphatic rings. The van der Waals surface area contributed by atoms with Crippen molar-refractivity contribution in [3.63, 3.8) is 0 Å². The summed E-state index contributed by atoms with van der Waals surface area (Å²) in [6.07, 6.45) is -4.17. The van der Waals surface area contributed by atoms with Crippen molar-refractivity contribution < 1.29 is 38.0 Å². The van der Waals surface area contributed by atoms with E-state index < -0.39 is 50.4 Å². The summed E-state index contributed by atoms with van der Waals surface area (Å²) in [4.78, 5) is 13.1. The lowest BCUT2D eigenvalue weighted by Crippen LogP contribution is -2.67. The first kappa shape index (κ1) is 39.7. The van der Waals surface area contributed by atoms with Crippen LogP contribution in [0.3, 0.4) is 0 Å². The van der Waals surface area contributed by atoms with Crippen LogP contribution in [0.15, 0.2) is 127 Å². The molecule has 4 rings (SSSR count). The Morgan fingerprint density at radius 3 is 1.86 bits per heavy atom. The Labute approximate surface area is 302 Å². The maximum atomic E-state index is 16.4. The lowest BCUT2D eigenvalue weighted by molar-refractivity contribution is -0.0723. The van der Waals surface area contributed by atoms with E-state index in [0.717, 1.165) is 21.7 Å². The number of ether oxygens (including phenoxy) is 3. The molecule has 0 aliphatic carbocycles. The van der Waals surface area contributed by atoms with Crippen LogP contribution < -0.4 is 15.1 Å². The van der Waals surface area contributed by atoms with Crippen LogP contribution in [0.4, 0.5) is 4.39 Å². The number of esters is 1. The second-order valence-electron chi connectivity index (χ2n) is 13.8. The lowest BCUT2D eigenvalue weighted by atomic mass is 10.00. The van der Waals surface area contributed by atoms with E-state index in [1.165, 1.54) is 6.08 Å². The average Bonchev–Trinajstić information content (AvgIpc) is 3.14. The number of methoxy groups -OCH3 is 1. The van der Waals surface area contributed by atoms with E-state index in [0.29, 0.717) is 0 Å². The number of carbonyl (C=O) groups is 1. The molecule has 0 radical (unpaired) electrons. The Kier molecular flexibility index (Phi) is 14.3. The maximum absolute atomic E-state index is 16.4. The fourth-order valence-corrected chi connectivity index (χ4v) is 10.9. The fourth-order valence-electron chi connectivity index (χ4n) is 6.09. The Hall–Kier alpha value is -4.12. The molecule has 0 aliphatic heterocycles. The van der Waals surface area contributed by atoms with E-state index in [4.69, 9.17) is 18.6 Å². The number of halogens is 1. The molecule has 9 heteroatoms. The Bertz CT molecular complexity index is 1620. The predicted molar refractivity (Wildman–Crippen MR) is 201 cm³/mol. The highest BCUT2D eigenvalue weighted by Crippen LogP contribution is 2.38. The lowest BCUT2D eigenvalue weighted by Gasteiger charge is -2.45. The second-order valence-corrected chi connectivity index (χ2v) is 18.1. The van der Waals surface area contributed by atoms with Crippen LogP contribution in [0, 0.1) is 5.92 Å². The molecule has 0 aromatic heterocycles. The molecule has 1 unspecified atom stereocenters. The third-order valence-corrected chi connectivity index (χ3v) is 14.3. The van der Waals surface area contributed by atoms with Gasteiger partial charge in [-0.15, -0.1) is 0 Å². The highest BCUT2D eigenvalue weighted by molar-refractivity contribution is 6.99. The summed E-state index contributed by atoms with van der Waals surface area (Å²) >= 11 is 0. The van der Waals surface area contributed by atoms with Crippen LogP contribution in [-0.2, 0) is 20.5 Å². The molecular weight excluding hydrogens is 664 g/mol. The molecule has 4 aromatic rings. The predicted octanol–water partition coefficient (Wildman–Crippen LogP) is 7.00. The zero-order valence-electron chi connectivity index (χ0n) is 30.4. The zero-order valence-corrected chi connectivity index (χ0v) is 31.4. The smallest absolute Gasteiger partial charge is 0.338 e. The number of hydrogen-bond acceptors (Lipinski definition) is 7. The number of carbonyl (C=O) groups excluding carboxylic acids is 1. The quantitative estimate of drug-likeness (QED) is 0.0691. The van der Waals surface area contributed by atoms with Crippen molar-refractivity contribution in [1.82, 2.24) is 0 Å². The molecule has 0 spiro atoms. The molecule has 0 amide bonds. The van der Waals surface area contributed by atoms with Gasteiger partial charge in [-0.2, -0.15) is 0 Å². The Morgan fingerprint density at radius 1 is 0.824 bits per heavy atom. The van der Waals surface area contributed by atoms with Gasteiger partial charge in [-0.1, -0.05) is 119 Å². The topological polar surface area (TPSA) is 94.5 Å². The van der Waals surface area contributed by atoms with Crippen LogP contribution in [0.5, 0.6) is 5.75 Å². The number of benzene rings is 4. The minimum absolute atomic E-state index is 0.0209. The van der Waals surface area contributed by atoms with Crippen LogP contribution in [0.2, 0.25) is 5.04 Å². The Balaban J connectivity index is 1.56. The molecule has 0 saturated heterocycles. The van der Waals surface area contributed by atoms with E-state index in [9.17, 15) is 15.0 Å². The van der Waals surface area contributed by atoms with Gasteiger partial charge < -0.3 is 28.8 Å². The van der Waals surface area contributed by atoms with Crippen molar-refractivity contribution in [3.8, 4) is 5.75 Å². The third kappa shape index (κ3) is 10.2. The summed E-state index contributed by atoms with van der Waals surface area (Å²) in [5, 5.41) is 24.1. The molecule has 272 valence electrons. The Morgan fingerprint density at radius 2 is 1.35 bits per heavy atom. The van der Waals surface area contributed by atoms with Crippen molar-refractivity contribution in [2.24, 2.45) is 5.92 Å². The minimum atomic E-state index is -2.96. The number of aliphatic hydroxyl groups is 2. The standard InChI is InChI=1S/C42H51FO7Si/c1-30(31(2)50-51(42(3,4)5,35-18-12-8-13-19-35)36-20-14-9-15-21-36)28-37(43)40(49-41(46)33-16-10-7-11-17-33)39(45)38(44)26-27-48-29-32-22-24-34(47-6)25-23-32/h7-25,28,30-31,38-40,44-45H,26-27,29H2,1-6H3/b37-28+/t30-,31-,38+,39+,40?/m0/s1. The van der Waals surface area contributed by atoms with E-state index >= 15 is 4.39 Å². The molecule has 51 heavy (non-hydrogen) atoms. The van der Waals surface area contributed by atoms with Crippen LogP contribution in [0.1, 0.15) is 57.0 Å². The van der Waals surface area contributed by atoms with Gasteiger partial charge in [0.25, 0.3) is 8.32 Å². The fraction of sp³-hybridized carbons (Fsp3) is 0.357. The second kappa shape index (κ2) is 18.4. The first-order chi connectivity index (χ1) is 24.4. The SMILES string of the molecule is COc1ccc(COCC[C@@H](O)[C@@H](O)C(OC(=O)c2ccccc2)/C(F)=C\[C@H](C)[C@H](C)O[Si](c2ccccc2)(c2ccccc2)C(C)(C)C)cc1. The summed E-state index contributed by atoms with van der Waals surface area (Å²) < 4.78 is 40.0. The number of rotatable bonds is 17. The molecule has 0 fully saturated rings. The van der Waals surface area contributed by atoms with E-state index in [-0.39, 0.29) is 30.2 Å². The van der Waals surface area contributed by atoms with Gasteiger partial charge in [0, 0.05) is 18.6 Å².